The molecule has 34 heavy (non-hydrogen) atoms. The van der Waals surface area contributed by atoms with Crippen LogP contribution in [0.3, 0.4) is 0 Å². The van der Waals surface area contributed by atoms with E-state index < -0.39 is 5.41 Å². The van der Waals surface area contributed by atoms with Gasteiger partial charge >= 0.3 is 0 Å². The van der Waals surface area contributed by atoms with Crippen molar-refractivity contribution in [2.75, 3.05) is 19.0 Å². The summed E-state index contributed by atoms with van der Waals surface area (Å²) in [4.78, 5) is 33.8. The minimum Gasteiger partial charge on any atom is -0.361 e. The van der Waals surface area contributed by atoms with Gasteiger partial charge in [0.25, 0.3) is 0 Å². The molecule has 5 nitrogen and oxygen atoms in total. The van der Waals surface area contributed by atoms with E-state index >= 15 is 0 Å². The van der Waals surface area contributed by atoms with Gasteiger partial charge in [0, 0.05) is 42.1 Å². The van der Waals surface area contributed by atoms with Crippen LogP contribution < -0.4 is 0 Å². The number of para-hydroxylation sites is 1. The number of halogens is 1. The van der Waals surface area contributed by atoms with E-state index in [-0.39, 0.29) is 30.3 Å². The van der Waals surface area contributed by atoms with Crippen molar-refractivity contribution < 1.29 is 9.59 Å². The Labute approximate surface area is 207 Å². The summed E-state index contributed by atoms with van der Waals surface area (Å²) in [5.41, 5.74) is 3.88. The Balaban J connectivity index is 1.53. The molecule has 1 N–H and O–H groups in total. The summed E-state index contributed by atoms with van der Waals surface area (Å²) in [5, 5.41) is 1.18. The zero-order valence-electron chi connectivity index (χ0n) is 20.3. The van der Waals surface area contributed by atoms with Crippen LogP contribution in [-0.2, 0) is 22.6 Å². The topological polar surface area (TPSA) is 56.4 Å². The highest BCUT2D eigenvalue weighted by Crippen LogP contribution is 2.32. The van der Waals surface area contributed by atoms with Crippen LogP contribution in [0.25, 0.3) is 10.9 Å². The number of aryl methyl sites for hydroxylation is 1. The number of hydrogen-bond acceptors (Lipinski definition) is 2. The number of H-pyrrole nitrogens is 1. The molecule has 180 valence electrons. The average Bonchev–Trinajstić information content (AvgIpc) is 3.60. The molecular weight excluding hydrogens is 446 g/mol. The summed E-state index contributed by atoms with van der Waals surface area (Å²) in [7, 11) is 0. The Morgan fingerprint density at radius 1 is 1.09 bits per heavy atom. The largest absolute Gasteiger partial charge is 0.361 e. The summed E-state index contributed by atoms with van der Waals surface area (Å²) >= 11 is 6.09. The van der Waals surface area contributed by atoms with Gasteiger partial charge < -0.3 is 14.8 Å². The lowest BCUT2D eigenvalue weighted by molar-refractivity contribution is -0.146. The van der Waals surface area contributed by atoms with E-state index in [1.807, 2.05) is 37.1 Å². The van der Waals surface area contributed by atoms with Gasteiger partial charge in [0.15, 0.2) is 0 Å². The lowest BCUT2D eigenvalue weighted by Crippen LogP contribution is -2.49. The number of amides is 2. The molecule has 0 atom stereocenters. The molecule has 0 saturated heterocycles. The first-order valence-corrected chi connectivity index (χ1v) is 12.6. The SMILES string of the molecule is Cc1ccc(CN(CCc2c[nH]c3ccccc23)C(=O)CN(C(=O)C(C)(C)CCl)C2CC2)cc1. The standard InChI is InChI=1S/C28H34ClN3O2/c1-20-8-10-21(11-9-20)17-31(15-14-22-16-30-25-7-5-4-6-24(22)25)26(33)18-32(23-12-13-23)27(34)28(2,3)19-29/h4-11,16,23,30H,12-15,17-19H2,1-3H3. The van der Waals surface area contributed by atoms with Gasteiger partial charge in [-0.05, 0) is 57.2 Å². The van der Waals surface area contributed by atoms with Gasteiger partial charge in [-0.2, -0.15) is 0 Å². The highest BCUT2D eigenvalue weighted by atomic mass is 35.5. The monoisotopic (exact) mass is 479 g/mol. The molecule has 1 fully saturated rings. The van der Waals surface area contributed by atoms with E-state index in [4.69, 9.17) is 11.6 Å². The molecule has 1 aliphatic rings. The quantitative estimate of drug-likeness (QED) is 0.401. The Kier molecular flexibility index (Phi) is 7.32. The second-order valence-electron chi connectivity index (χ2n) is 10.1. The summed E-state index contributed by atoms with van der Waals surface area (Å²) in [6.07, 6.45) is 4.67. The Bertz CT molecular complexity index is 1150. The summed E-state index contributed by atoms with van der Waals surface area (Å²) in [6, 6.07) is 16.6. The maximum Gasteiger partial charge on any atom is 0.242 e. The van der Waals surface area contributed by atoms with Crippen molar-refractivity contribution in [3.05, 3.63) is 71.4 Å². The van der Waals surface area contributed by atoms with Crippen LogP contribution in [0.2, 0.25) is 0 Å². The van der Waals surface area contributed by atoms with Crippen molar-refractivity contribution in [1.82, 2.24) is 14.8 Å². The van der Waals surface area contributed by atoms with E-state index in [0.717, 1.165) is 30.3 Å². The van der Waals surface area contributed by atoms with Crippen molar-refractivity contribution in [1.29, 1.82) is 0 Å². The number of nitrogens with zero attached hydrogens (tertiary/aromatic N) is 2. The number of carbonyl (C=O) groups excluding carboxylic acids is 2. The maximum absolute atomic E-state index is 13.6. The van der Waals surface area contributed by atoms with Gasteiger partial charge in [0.1, 0.15) is 6.54 Å². The Hall–Kier alpha value is -2.79. The molecule has 0 spiro atoms. The van der Waals surface area contributed by atoms with Crippen molar-refractivity contribution in [3.8, 4) is 0 Å². The second-order valence-corrected chi connectivity index (χ2v) is 10.4. The van der Waals surface area contributed by atoms with Gasteiger partial charge in [-0.15, -0.1) is 11.6 Å². The van der Waals surface area contributed by atoms with Crippen LogP contribution in [0.15, 0.2) is 54.7 Å². The highest BCUT2D eigenvalue weighted by molar-refractivity contribution is 6.19. The number of rotatable bonds is 10. The van der Waals surface area contributed by atoms with E-state index in [1.165, 1.54) is 16.5 Å². The van der Waals surface area contributed by atoms with Crippen LogP contribution in [0.4, 0.5) is 0 Å². The van der Waals surface area contributed by atoms with Crippen LogP contribution in [0, 0.1) is 12.3 Å². The number of fused-ring (bicyclic) bond motifs is 1. The summed E-state index contributed by atoms with van der Waals surface area (Å²) in [6.45, 7) is 6.96. The lowest BCUT2D eigenvalue weighted by atomic mass is 9.94. The molecule has 1 heterocycles. The normalized spacial score (nSPS) is 13.8. The molecule has 2 amide bonds. The number of carbonyl (C=O) groups is 2. The van der Waals surface area contributed by atoms with Crippen LogP contribution in [0.5, 0.6) is 0 Å². The molecule has 1 aromatic heterocycles. The van der Waals surface area contributed by atoms with Gasteiger partial charge in [-0.1, -0.05) is 48.0 Å². The van der Waals surface area contributed by atoms with E-state index in [1.54, 1.807) is 4.90 Å². The predicted octanol–water partition coefficient (Wildman–Crippen LogP) is 5.30. The Morgan fingerprint density at radius 3 is 2.47 bits per heavy atom. The molecule has 1 saturated carbocycles. The minimum absolute atomic E-state index is 0.0222. The number of aromatic amines is 1. The number of nitrogens with one attached hydrogen (secondary N) is 1. The van der Waals surface area contributed by atoms with E-state index in [2.05, 4.69) is 48.3 Å². The molecule has 1 aliphatic carbocycles. The first kappa shape index (κ1) is 24.3. The predicted molar refractivity (Wildman–Crippen MR) is 138 cm³/mol. The number of hydrogen-bond donors (Lipinski definition) is 1. The first-order chi connectivity index (χ1) is 16.3. The molecule has 2 aromatic carbocycles. The smallest absolute Gasteiger partial charge is 0.242 e. The molecule has 0 radical (unpaired) electrons. The molecular formula is C28H34ClN3O2. The number of alkyl halides is 1. The lowest BCUT2D eigenvalue weighted by Gasteiger charge is -2.32. The molecule has 0 aliphatic heterocycles. The summed E-state index contributed by atoms with van der Waals surface area (Å²) < 4.78 is 0. The first-order valence-electron chi connectivity index (χ1n) is 12.0. The summed E-state index contributed by atoms with van der Waals surface area (Å²) in [5.74, 6) is 0.174. The fourth-order valence-corrected chi connectivity index (χ4v) is 4.36. The molecule has 6 heteroatoms. The van der Waals surface area contributed by atoms with Crippen molar-refractivity contribution >= 4 is 34.3 Å². The highest BCUT2D eigenvalue weighted by Gasteiger charge is 2.40. The third-order valence-corrected chi connectivity index (χ3v) is 7.31. The van der Waals surface area contributed by atoms with Crippen LogP contribution in [-0.4, -0.2) is 51.6 Å². The zero-order chi connectivity index (χ0) is 24.3. The van der Waals surface area contributed by atoms with Crippen molar-refractivity contribution in [2.45, 2.75) is 52.6 Å². The van der Waals surface area contributed by atoms with Gasteiger partial charge in [-0.25, -0.2) is 0 Å². The van der Waals surface area contributed by atoms with Gasteiger partial charge in [-0.3, -0.25) is 9.59 Å². The third kappa shape index (κ3) is 5.64. The minimum atomic E-state index is -0.684. The van der Waals surface area contributed by atoms with Crippen LogP contribution >= 0.6 is 11.6 Å². The fraction of sp³-hybridized carbons (Fsp3) is 0.429. The van der Waals surface area contributed by atoms with Crippen LogP contribution in [0.1, 0.15) is 43.4 Å². The maximum atomic E-state index is 13.6. The van der Waals surface area contributed by atoms with Gasteiger partial charge in [0.2, 0.25) is 11.8 Å². The molecule has 4 rings (SSSR count). The molecule has 3 aromatic rings. The van der Waals surface area contributed by atoms with Crippen molar-refractivity contribution in [3.63, 3.8) is 0 Å². The zero-order valence-corrected chi connectivity index (χ0v) is 21.1. The van der Waals surface area contributed by atoms with E-state index in [9.17, 15) is 9.59 Å². The van der Waals surface area contributed by atoms with E-state index in [0.29, 0.717) is 13.1 Å². The molecule has 0 unspecified atom stereocenters. The van der Waals surface area contributed by atoms with Crippen molar-refractivity contribution in [2.24, 2.45) is 5.41 Å². The second kappa shape index (κ2) is 10.2. The molecule has 0 bridgehead atoms. The number of benzene rings is 2. The Morgan fingerprint density at radius 2 is 1.79 bits per heavy atom. The number of aromatic nitrogens is 1. The average molecular weight is 480 g/mol. The third-order valence-electron chi connectivity index (χ3n) is 6.64. The fourth-order valence-electron chi connectivity index (χ4n) is 4.24. The van der Waals surface area contributed by atoms with Gasteiger partial charge in [0.05, 0.1) is 5.41 Å².